The van der Waals surface area contributed by atoms with Gasteiger partial charge in [-0.05, 0) is 50.5 Å². The molecule has 126 valence electrons. The Morgan fingerprint density at radius 2 is 2.04 bits per heavy atom. The van der Waals surface area contributed by atoms with Crippen LogP contribution in [-0.4, -0.2) is 22.4 Å². The zero-order chi connectivity index (χ0) is 17.3. The first kappa shape index (κ1) is 16.5. The van der Waals surface area contributed by atoms with E-state index >= 15 is 0 Å². The number of halogens is 1. The minimum absolute atomic E-state index is 0.130. The van der Waals surface area contributed by atoms with Crippen molar-refractivity contribution in [3.8, 4) is 0 Å². The van der Waals surface area contributed by atoms with Crippen molar-refractivity contribution in [1.82, 2.24) is 9.47 Å². The van der Waals surface area contributed by atoms with E-state index in [2.05, 4.69) is 24.5 Å². The van der Waals surface area contributed by atoms with Gasteiger partial charge in [0, 0.05) is 42.7 Å². The van der Waals surface area contributed by atoms with Crippen molar-refractivity contribution < 1.29 is 9.18 Å². The molecule has 1 aliphatic rings. The number of hydrogen-bond donors (Lipinski definition) is 0. The van der Waals surface area contributed by atoms with Crippen LogP contribution in [0.3, 0.4) is 0 Å². The van der Waals surface area contributed by atoms with Crippen molar-refractivity contribution in [2.75, 3.05) is 7.05 Å². The quantitative estimate of drug-likeness (QED) is 0.754. The van der Waals surface area contributed by atoms with E-state index < -0.39 is 0 Å². The lowest BCUT2D eigenvalue weighted by atomic mass is 10.2. The molecule has 0 radical (unpaired) electrons. The normalized spacial score (nSPS) is 14.3. The van der Waals surface area contributed by atoms with Crippen LogP contribution in [0.4, 0.5) is 4.39 Å². The topological polar surface area (TPSA) is 25.2 Å². The van der Waals surface area contributed by atoms with Gasteiger partial charge in [0.1, 0.15) is 5.82 Å². The number of benzene rings is 1. The summed E-state index contributed by atoms with van der Waals surface area (Å²) in [5.74, 6) is -0.413. The molecule has 0 aliphatic heterocycles. The van der Waals surface area contributed by atoms with Crippen LogP contribution in [0.5, 0.6) is 0 Å². The maximum atomic E-state index is 13.7. The fraction of sp³-hybridized carbons (Fsp3) is 0.350. The maximum absolute atomic E-state index is 13.7. The third kappa shape index (κ3) is 3.42. The largest absolute Gasteiger partial charge is 0.346 e. The second kappa shape index (κ2) is 6.63. The van der Waals surface area contributed by atoms with E-state index in [-0.39, 0.29) is 18.3 Å². The third-order valence-electron chi connectivity index (χ3n) is 4.58. The van der Waals surface area contributed by atoms with Crippen molar-refractivity contribution in [1.29, 1.82) is 0 Å². The van der Waals surface area contributed by atoms with Crippen LogP contribution in [0.1, 0.15) is 41.4 Å². The Hall–Kier alpha value is -2.36. The van der Waals surface area contributed by atoms with E-state index in [1.54, 1.807) is 31.3 Å². The average Bonchev–Trinajstić information content (AvgIpc) is 3.33. The highest BCUT2D eigenvalue weighted by Gasteiger charge is 2.26. The maximum Gasteiger partial charge on any atom is 0.246 e. The molecule has 4 heteroatoms. The first-order valence-electron chi connectivity index (χ1n) is 8.32. The van der Waals surface area contributed by atoms with Gasteiger partial charge in [-0.3, -0.25) is 4.79 Å². The van der Waals surface area contributed by atoms with Crippen molar-refractivity contribution in [3.63, 3.8) is 0 Å². The zero-order valence-electron chi connectivity index (χ0n) is 14.4. The summed E-state index contributed by atoms with van der Waals surface area (Å²) in [4.78, 5) is 13.8. The summed E-state index contributed by atoms with van der Waals surface area (Å²) in [6.07, 6.45) is 5.91. The van der Waals surface area contributed by atoms with E-state index in [0.29, 0.717) is 11.6 Å². The van der Waals surface area contributed by atoms with Crippen LogP contribution >= 0.6 is 0 Å². The van der Waals surface area contributed by atoms with E-state index in [1.807, 2.05) is 6.08 Å². The summed E-state index contributed by atoms with van der Waals surface area (Å²) in [6.45, 7) is 4.46. The van der Waals surface area contributed by atoms with Crippen molar-refractivity contribution in [2.24, 2.45) is 0 Å². The van der Waals surface area contributed by atoms with Crippen molar-refractivity contribution >= 4 is 12.0 Å². The molecule has 24 heavy (non-hydrogen) atoms. The Morgan fingerprint density at radius 3 is 2.71 bits per heavy atom. The standard InChI is InChI=1S/C20H23FN2O/c1-14-12-16(15(2)23(14)18-9-10-18)8-11-20(24)22(3)13-17-6-4-5-7-19(17)21/h4-8,11-12,18H,9-10,13H2,1-3H3/b11-8+. The summed E-state index contributed by atoms with van der Waals surface area (Å²) in [7, 11) is 1.69. The highest BCUT2D eigenvalue weighted by Crippen LogP contribution is 2.38. The molecular weight excluding hydrogens is 303 g/mol. The Kier molecular flexibility index (Phi) is 4.56. The molecule has 0 spiro atoms. The van der Waals surface area contributed by atoms with E-state index in [1.165, 1.54) is 35.2 Å². The van der Waals surface area contributed by atoms with Crippen LogP contribution in [0.25, 0.3) is 6.08 Å². The molecule has 1 aliphatic carbocycles. The molecule has 0 unspecified atom stereocenters. The third-order valence-corrected chi connectivity index (χ3v) is 4.58. The van der Waals surface area contributed by atoms with Gasteiger partial charge < -0.3 is 9.47 Å². The lowest BCUT2D eigenvalue weighted by Crippen LogP contribution is -2.24. The van der Waals surface area contributed by atoms with Crippen LogP contribution in [0, 0.1) is 19.7 Å². The van der Waals surface area contributed by atoms with Crippen LogP contribution < -0.4 is 0 Å². The summed E-state index contributed by atoms with van der Waals surface area (Å²) in [6, 6.07) is 9.29. The van der Waals surface area contributed by atoms with Gasteiger partial charge in [0.05, 0.1) is 0 Å². The number of aryl methyl sites for hydroxylation is 1. The SMILES string of the molecule is Cc1cc(/C=C/C(=O)N(C)Cc2ccccc2F)c(C)n1C1CC1. The van der Waals surface area contributed by atoms with Gasteiger partial charge in [-0.2, -0.15) is 0 Å². The molecular formula is C20H23FN2O. The molecule has 3 nitrogen and oxygen atoms in total. The number of carbonyl (C=O) groups excluding carboxylic acids is 1. The highest BCUT2D eigenvalue weighted by atomic mass is 19.1. The van der Waals surface area contributed by atoms with Crippen LogP contribution in [-0.2, 0) is 11.3 Å². The lowest BCUT2D eigenvalue weighted by Gasteiger charge is -2.15. The molecule has 2 aromatic rings. The van der Waals surface area contributed by atoms with Gasteiger partial charge in [0.2, 0.25) is 5.91 Å². The van der Waals surface area contributed by atoms with Crippen LogP contribution in [0.2, 0.25) is 0 Å². The molecule has 3 rings (SSSR count). The average molecular weight is 326 g/mol. The Morgan fingerprint density at radius 1 is 1.33 bits per heavy atom. The molecule has 0 atom stereocenters. The molecule has 0 bridgehead atoms. The first-order chi connectivity index (χ1) is 11.5. The van der Waals surface area contributed by atoms with E-state index in [4.69, 9.17) is 0 Å². The van der Waals surface area contributed by atoms with Crippen molar-refractivity contribution in [2.45, 2.75) is 39.3 Å². The van der Waals surface area contributed by atoms with Gasteiger partial charge in [-0.15, -0.1) is 0 Å². The van der Waals surface area contributed by atoms with Gasteiger partial charge in [-0.25, -0.2) is 4.39 Å². The predicted octanol–water partition coefficient (Wildman–Crippen LogP) is 4.25. The molecule has 1 amide bonds. The summed E-state index contributed by atoms with van der Waals surface area (Å²) in [5, 5.41) is 0. The summed E-state index contributed by atoms with van der Waals surface area (Å²) >= 11 is 0. The Labute approximate surface area is 142 Å². The second-order valence-corrected chi connectivity index (χ2v) is 6.55. The molecule has 0 N–H and O–H groups in total. The number of hydrogen-bond acceptors (Lipinski definition) is 1. The number of likely N-dealkylation sites (N-methyl/N-ethyl adjacent to an activating group) is 1. The Balaban J connectivity index is 1.69. The predicted molar refractivity (Wildman–Crippen MR) is 94.1 cm³/mol. The summed E-state index contributed by atoms with van der Waals surface area (Å²) < 4.78 is 16.0. The minimum Gasteiger partial charge on any atom is -0.346 e. The number of nitrogens with zero attached hydrogens (tertiary/aromatic N) is 2. The molecule has 0 saturated heterocycles. The molecule has 1 heterocycles. The molecule has 1 aromatic heterocycles. The van der Waals surface area contributed by atoms with Gasteiger partial charge >= 0.3 is 0 Å². The highest BCUT2D eigenvalue weighted by molar-refractivity contribution is 5.91. The molecule has 1 saturated carbocycles. The van der Waals surface area contributed by atoms with Gasteiger partial charge in [0.15, 0.2) is 0 Å². The summed E-state index contributed by atoms with van der Waals surface area (Å²) in [5.41, 5.74) is 4.04. The lowest BCUT2D eigenvalue weighted by molar-refractivity contribution is -0.125. The van der Waals surface area contributed by atoms with Crippen LogP contribution in [0.15, 0.2) is 36.4 Å². The van der Waals surface area contributed by atoms with E-state index in [0.717, 1.165) is 5.56 Å². The molecule has 1 fully saturated rings. The monoisotopic (exact) mass is 326 g/mol. The fourth-order valence-electron chi connectivity index (χ4n) is 3.11. The molecule has 1 aromatic carbocycles. The van der Waals surface area contributed by atoms with Crippen molar-refractivity contribution in [3.05, 3.63) is 64.7 Å². The number of rotatable bonds is 5. The number of amides is 1. The first-order valence-corrected chi connectivity index (χ1v) is 8.32. The smallest absolute Gasteiger partial charge is 0.246 e. The number of carbonyl (C=O) groups is 1. The Bertz CT molecular complexity index is 787. The van der Waals surface area contributed by atoms with E-state index in [9.17, 15) is 9.18 Å². The van der Waals surface area contributed by atoms with Gasteiger partial charge in [-0.1, -0.05) is 18.2 Å². The second-order valence-electron chi connectivity index (χ2n) is 6.55. The fourth-order valence-corrected chi connectivity index (χ4v) is 3.11. The minimum atomic E-state index is -0.283. The zero-order valence-corrected chi connectivity index (χ0v) is 14.4. The van der Waals surface area contributed by atoms with Gasteiger partial charge in [0.25, 0.3) is 0 Å². The number of aromatic nitrogens is 1.